The summed E-state index contributed by atoms with van der Waals surface area (Å²) in [6, 6.07) is 0.963. The molecule has 0 spiro atoms. The zero-order chi connectivity index (χ0) is 52.8. The maximum absolute atomic E-state index is 14.7. The van der Waals surface area contributed by atoms with E-state index in [-0.39, 0.29) is 61.8 Å². The number of carbonyl (C=O) groups is 11. The predicted molar refractivity (Wildman–Crippen MR) is 263 cm³/mol. The smallest absolute Gasteiger partial charge is 0.246 e. The van der Waals surface area contributed by atoms with Gasteiger partial charge >= 0.3 is 0 Å². The SMILES string of the molecule is CC[C@H](C)[C@@H]1NC(=O)[C@H](Cc2ccc(O)cc2)NC(=O)CCCSC[C@@H](C(=O)N(CC(=O)N[C@@H](CC(C)C)C(=O)NCC(N)=O)Cc2cccs2)NC(=O)[C@H](CC(N)=O)NC(=O)[C@H](CCC(N)=O)NC1=O. The monoisotopic (exact) mass is 1030 g/mol. The molecule has 23 nitrogen and oxygen atoms in total. The van der Waals surface area contributed by atoms with E-state index in [4.69, 9.17) is 17.2 Å². The average molecular weight is 1030 g/mol. The lowest BCUT2D eigenvalue weighted by Crippen LogP contribution is -2.61. The van der Waals surface area contributed by atoms with E-state index < -0.39 is 133 Å². The molecule has 0 radical (unpaired) electrons. The average Bonchev–Trinajstić information content (AvgIpc) is 3.82. The number of nitrogens with zero attached hydrogens (tertiary/aromatic N) is 1. The first-order chi connectivity index (χ1) is 33.6. The molecule has 1 aliphatic heterocycles. The van der Waals surface area contributed by atoms with E-state index in [0.717, 1.165) is 16.7 Å². The standard InChI is InChI=1S/C46H67N11O12S2/c1-5-26(4)40-45(68)53-30(14-15-35(47)59)42(65)54-33(20-36(48)60)43(66)55-34(24-70-16-7-9-38(62)51-32(44(67)56-40)19-27-10-12-28(58)13-11-27)46(69)57(22-29-8-6-17-71-29)23-39(63)52-31(18-25(2)3)41(64)50-21-37(49)61/h6,8,10-13,17,25-26,30-34,40,58H,5,7,9,14-16,18-24H2,1-4H3,(H2,47,59)(H2,48,60)(H2,49,61)(H,50,64)(H,51,62)(H,52,63)(H,53,68)(H,54,65)(H,55,66)(H,56,67)/t26-,30-,31-,32-,33-,34-,40-/m0/s1. The fourth-order valence-corrected chi connectivity index (χ4v) is 8.91. The van der Waals surface area contributed by atoms with Crippen LogP contribution in [0, 0.1) is 11.8 Å². The molecule has 0 bridgehead atoms. The third-order valence-corrected chi connectivity index (χ3v) is 13.1. The number of thioether (sulfide) groups is 1. The van der Waals surface area contributed by atoms with Crippen LogP contribution in [0.15, 0.2) is 41.8 Å². The minimum atomic E-state index is -1.75. The highest BCUT2D eigenvalue weighted by Gasteiger charge is 2.36. The van der Waals surface area contributed by atoms with Crippen LogP contribution in [-0.4, -0.2) is 136 Å². The van der Waals surface area contributed by atoms with Crippen LogP contribution in [0.5, 0.6) is 5.75 Å². The van der Waals surface area contributed by atoms with Crippen molar-refractivity contribution in [3.8, 4) is 5.75 Å². The van der Waals surface area contributed by atoms with Crippen LogP contribution in [-0.2, 0) is 65.7 Å². The molecule has 71 heavy (non-hydrogen) atoms. The molecular formula is C46H67N11O12S2. The second kappa shape index (κ2) is 29.4. The van der Waals surface area contributed by atoms with Crippen molar-refractivity contribution >= 4 is 88.1 Å². The Morgan fingerprint density at radius 3 is 2.08 bits per heavy atom. The van der Waals surface area contributed by atoms with Crippen molar-refractivity contribution in [2.24, 2.45) is 29.0 Å². The van der Waals surface area contributed by atoms with Gasteiger partial charge in [-0.1, -0.05) is 52.3 Å². The first kappa shape index (κ1) is 58.6. The van der Waals surface area contributed by atoms with Gasteiger partial charge < -0.3 is 64.4 Å². The van der Waals surface area contributed by atoms with E-state index in [1.54, 1.807) is 43.5 Å². The highest BCUT2D eigenvalue weighted by atomic mass is 32.2. The highest BCUT2D eigenvalue weighted by molar-refractivity contribution is 7.99. The van der Waals surface area contributed by atoms with Gasteiger partial charge in [0.25, 0.3) is 0 Å². The second-order valence-electron chi connectivity index (χ2n) is 17.6. The van der Waals surface area contributed by atoms with Crippen LogP contribution in [0.25, 0.3) is 0 Å². The number of aromatic hydroxyl groups is 1. The number of nitrogens with one attached hydrogen (secondary N) is 7. The number of hydrogen-bond acceptors (Lipinski definition) is 14. The Bertz CT molecular complexity index is 2200. The fourth-order valence-electron chi connectivity index (χ4n) is 7.22. The van der Waals surface area contributed by atoms with Gasteiger partial charge in [-0.2, -0.15) is 11.8 Å². The molecule has 14 N–H and O–H groups in total. The Hall–Kier alpha value is -6.76. The van der Waals surface area contributed by atoms with Gasteiger partial charge in [0.2, 0.25) is 65.0 Å². The molecule has 1 aromatic carbocycles. The summed E-state index contributed by atoms with van der Waals surface area (Å²) in [6.45, 7) is 5.81. The normalized spacial score (nSPS) is 20.6. The molecule has 2 aromatic rings. The lowest BCUT2D eigenvalue weighted by molar-refractivity contribution is -0.141. The van der Waals surface area contributed by atoms with Gasteiger partial charge in [-0.3, -0.25) is 52.7 Å². The van der Waals surface area contributed by atoms with Crippen LogP contribution >= 0.6 is 23.1 Å². The van der Waals surface area contributed by atoms with E-state index in [0.29, 0.717) is 16.9 Å². The summed E-state index contributed by atoms with van der Waals surface area (Å²) >= 11 is 2.42. The van der Waals surface area contributed by atoms with Crippen molar-refractivity contribution in [1.82, 2.24) is 42.1 Å². The van der Waals surface area contributed by atoms with Gasteiger partial charge in [0, 0.05) is 29.9 Å². The number of phenolic OH excluding ortho intramolecular Hbond substituents is 1. The van der Waals surface area contributed by atoms with Crippen molar-refractivity contribution < 1.29 is 57.8 Å². The van der Waals surface area contributed by atoms with Crippen molar-refractivity contribution in [3.63, 3.8) is 0 Å². The number of amides is 11. The number of hydrogen-bond donors (Lipinski definition) is 11. The predicted octanol–water partition coefficient (Wildman–Crippen LogP) is -1.70. The number of benzene rings is 1. The maximum atomic E-state index is 14.7. The van der Waals surface area contributed by atoms with E-state index in [2.05, 4.69) is 37.2 Å². The van der Waals surface area contributed by atoms with Crippen LogP contribution in [0.2, 0.25) is 0 Å². The summed E-state index contributed by atoms with van der Waals surface area (Å²) in [5, 5.41) is 29.6. The molecule has 25 heteroatoms. The Morgan fingerprint density at radius 1 is 0.817 bits per heavy atom. The first-order valence-corrected chi connectivity index (χ1v) is 25.2. The Morgan fingerprint density at radius 2 is 1.48 bits per heavy atom. The molecule has 1 saturated heterocycles. The molecule has 2 heterocycles. The molecule has 3 rings (SSSR count). The van der Waals surface area contributed by atoms with E-state index in [9.17, 15) is 57.8 Å². The number of primary amides is 3. The van der Waals surface area contributed by atoms with Gasteiger partial charge in [0.15, 0.2) is 0 Å². The van der Waals surface area contributed by atoms with E-state index in [1.165, 1.54) is 23.5 Å². The van der Waals surface area contributed by atoms with Crippen molar-refractivity contribution in [2.75, 3.05) is 24.6 Å². The summed E-state index contributed by atoms with van der Waals surface area (Å²) < 4.78 is 0. The molecule has 1 aromatic heterocycles. The first-order valence-electron chi connectivity index (χ1n) is 23.2. The van der Waals surface area contributed by atoms with Crippen molar-refractivity contribution in [1.29, 1.82) is 0 Å². The zero-order valence-electron chi connectivity index (χ0n) is 40.3. The Balaban J connectivity index is 2.08. The minimum absolute atomic E-state index is 0.0274. The van der Waals surface area contributed by atoms with Crippen LogP contribution in [0.3, 0.4) is 0 Å². The van der Waals surface area contributed by atoms with Gasteiger partial charge in [0.05, 0.1) is 26.1 Å². The van der Waals surface area contributed by atoms with E-state index >= 15 is 0 Å². The minimum Gasteiger partial charge on any atom is -0.508 e. The number of thiophene rings is 1. The fraction of sp³-hybridized carbons (Fsp3) is 0.543. The Labute approximate surface area is 420 Å². The van der Waals surface area contributed by atoms with Crippen molar-refractivity contribution in [2.45, 2.75) is 122 Å². The number of nitrogens with two attached hydrogens (primary N) is 3. The molecular weight excluding hydrogens is 963 g/mol. The van der Waals surface area contributed by atoms with Gasteiger partial charge in [0.1, 0.15) is 42.0 Å². The molecule has 0 aliphatic carbocycles. The Kier molecular flexibility index (Phi) is 24.3. The van der Waals surface area contributed by atoms with Gasteiger partial charge in [-0.25, -0.2) is 0 Å². The molecule has 0 saturated carbocycles. The molecule has 7 atom stereocenters. The van der Waals surface area contributed by atoms with Crippen LogP contribution in [0.4, 0.5) is 0 Å². The molecule has 11 amide bonds. The molecule has 390 valence electrons. The lowest BCUT2D eigenvalue weighted by Gasteiger charge is -2.30. The second-order valence-corrected chi connectivity index (χ2v) is 19.8. The third-order valence-electron chi connectivity index (χ3n) is 11.1. The van der Waals surface area contributed by atoms with Crippen molar-refractivity contribution in [3.05, 3.63) is 52.2 Å². The number of carbonyl (C=O) groups excluding carboxylic acids is 11. The largest absolute Gasteiger partial charge is 0.508 e. The maximum Gasteiger partial charge on any atom is 0.246 e. The lowest BCUT2D eigenvalue weighted by atomic mass is 9.96. The number of rotatable bonds is 20. The van der Waals surface area contributed by atoms with Crippen LogP contribution < -0.4 is 54.4 Å². The topological polar surface area (TPSA) is 374 Å². The van der Waals surface area contributed by atoms with Crippen LogP contribution in [0.1, 0.15) is 83.1 Å². The molecule has 1 aliphatic rings. The third kappa shape index (κ3) is 21.0. The number of phenols is 1. The zero-order valence-corrected chi connectivity index (χ0v) is 41.9. The van der Waals surface area contributed by atoms with Gasteiger partial charge in [-0.05, 0) is 66.0 Å². The highest BCUT2D eigenvalue weighted by Crippen LogP contribution is 2.18. The summed E-state index contributed by atoms with van der Waals surface area (Å²) in [5.74, 6) is -9.78. The van der Waals surface area contributed by atoms with Gasteiger partial charge in [-0.15, -0.1) is 11.3 Å². The summed E-state index contributed by atoms with van der Waals surface area (Å²) in [6.07, 6.45) is -1.03. The summed E-state index contributed by atoms with van der Waals surface area (Å²) in [4.78, 5) is 149. The molecule has 1 fully saturated rings. The summed E-state index contributed by atoms with van der Waals surface area (Å²) in [7, 11) is 0. The van der Waals surface area contributed by atoms with E-state index in [1.807, 2.05) is 13.8 Å². The quantitative estimate of drug-likeness (QED) is 0.0705. The summed E-state index contributed by atoms with van der Waals surface area (Å²) in [5.41, 5.74) is 16.7. The molecule has 0 unspecified atom stereocenters.